The largest absolute Gasteiger partial charge is 0.507 e. The minimum atomic E-state index is 0.444. The molecule has 0 aliphatic heterocycles. The maximum absolute atomic E-state index is 9.80. The summed E-state index contributed by atoms with van der Waals surface area (Å²) in [5.41, 5.74) is 3.29. The summed E-state index contributed by atoms with van der Waals surface area (Å²) in [5, 5.41) is 9.80. The first kappa shape index (κ1) is 13.4. The van der Waals surface area contributed by atoms with Crippen LogP contribution in [0, 0.1) is 13.8 Å². The molecule has 0 aromatic heterocycles. The fraction of sp³-hybridized carbons (Fsp3) is 0.625. The first-order valence-electron chi connectivity index (χ1n) is 7.07. The minimum absolute atomic E-state index is 0.444. The lowest BCUT2D eigenvalue weighted by Crippen LogP contribution is -2.32. The molecule has 1 aliphatic carbocycles. The smallest absolute Gasteiger partial charge is 0.121 e. The van der Waals surface area contributed by atoms with Crippen LogP contribution in [0.15, 0.2) is 12.1 Å². The molecule has 0 radical (unpaired) electrons. The number of aryl methyl sites for hydroxylation is 2. The molecule has 2 heteroatoms. The number of hydrogen-bond acceptors (Lipinski definition) is 2. The molecule has 1 N–H and O–H groups in total. The van der Waals surface area contributed by atoms with Gasteiger partial charge in [0.05, 0.1) is 0 Å². The van der Waals surface area contributed by atoms with Crippen molar-refractivity contribution < 1.29 is 5.11 Å². The van der Waals surface area contributed by atoms with E-state index in [4.69, 9.17) is 0 Å². The highest BCUT2D eigenvalue weighted by atomic mass is 16.3. The molecule has 1 saturated carbocycles. The zero-order valence-corrected chi connectivity index (χ0v) is 11.9. The van der Waals surface area contributed by atoms with Crippen molar-refractivity contribution in [2.45, 2.75) is 58.5 Å². The standard InChI is InChI=1S/C16H25NO/c1-12-9-14(10-13(2)16(12)18)11-17(3)15-7-5-4-6-8-15/h9-10,15,18H,4-8,11H2,1-3H3. The first-order valence-corrected chi connectivity index (χ1v) is 7.07. The van der Waals surface area contributed by atoms with Crippen LogP contribution in [0.25, 0.3) is 0 Å². The van der Waals surface area contributed by atoms with E-state index in [9.17, 15) is 5.11 Å². The SMILES string of the molecule is Cc1cc(CN(C)C2CCCCC2)cc(C)c1O. The molecule has 1 aliphatic rings. The molecule has 0 heterocycles. The van der Waals surface area contributed by atoms with Crippen LogP contribution in [0.3, 0.4) is 0 Å². The molecule has 0 bridgehead atoms. The van der Waals surface area contributed by atoms with Crippen molar-refractivity contribution in [2.24, 2.45) is 0 Å². The summed E-state index contributed by atoms with van der Waals surface area (Å²) in [7, 11) is 2.23. The monoisotopic (exact) mass is 247 g/mol. The highest BCUT2D eigenvalue weighted by molar-refractivity contribution is 5.42. The number of phenolic OH excluding ortho intramolecular Hbond substituents is 1. The maximum atomic E-state index is 9.80. The highest BCUT2D eigenvalue weighted by Gasteiger charge is 2.18. The summed E-state index contributed by atoms with van der Waals surface area (Å²) in [6.07, 6.45) is 6.84. The van der Waals surface area contributed by atoms with Gasteiger partial charge in [-0.3, -0.25) is 4.90 Å². The van der Waals surface area contributed by atoms with Crippen molar-refractivity contribution in [3.8, 4) is 5.75 Å². The number of nitrogens with zero attached hydrogens (tertiary/aromatic N) is 1. The Labute approximate surface area is 111 Å². The predicted octanol–water partition coefficient (Wildman–Crippen LogP) is 3.77. The summed E-state index contributed by atoms with van der Waals surface area (Å²) >= 11 is 0. The molecule has 2 rings (SSSR count). The van der Waals surface area contributed by atoms with Gasteiger partial charge in [-0.25, -0.2) is 0 Å². The van der Waals surface area contributed by atoms with Gasteiger partial charge >= 0.3 is 0 Å². The van der Waals surface area contributed by atoms with Crippen LogP contribution in [0.2, 0.25) is 0 Å². The van der Waals surface area contributed by atoms with Crippen LogP contribution < -0.4 is 0 Å². The maximum Gasteiger partial charge on any atom is 0.121 e. The molecule has 100 valence electrons. The van der Waals surface area contributed by atoms with E-state index < -0.39 is 0 Å². The van der Waals surface area contributed by atoms with Crippen molar-refractivity contribution in [1.29, 1.82) is 0 Å². The Hall–Kier alpha value is -1.02. The van der Waals surface area contributed by atoms with E-state index >= 15 is 0 Å². The predicted molar refractivity (Wildman–Crippen MR) is 75.9 cm³/mol. The summed E-state index contributed by atoms with van der Waals surface area (Å²) < 4.78 is 0. The Bertz CT molecular complexity index is 385. The summed E-state index contributed by atoms with van der Waals surface area (Å²) in [5.74, 6) is 0.444. The molecule has 0 atom stereocenters. The second-order valence-electron chi connectivity index (χ2n) is 5.79. The molecule has 2 nitrogen and oxygen atoms in total. The van der Waals surface area contributed by atoms with Crippen LogP contribution >= 0.6 is 0 Å². The quantitative estimate of drug-likeness (QED) is 0.878. The molecule has 18 heavy (non-hydrogen) atoms. The Morgan fingerprint density at radius 2 is 1.67 bits per heavy atom. The van der Waals surface area contributed by atoms with Crippen molar-refractivity contribution in [3.63, 3.8) is 0 Å². The van der Waals surface area contributed by atoms with Gasteiger partial charge in [-0.15, -0.1) is 0 Å². The van der Waals surface area contributed by atoms with Gasteiger partial charge in [-0.05, 0) is 50.4 Å². The zero-order valence-electron chi connectivity index (χ0n) is 11.9. The second-order valence-corrected chi connectivity index (χ2v) is 5.79. The summed E-state index contributed by atoms with van der Waals surface area (Å²) in [4.78, 5) is 2.48. The van der Waals surface area contributed by atoms with E-state index in [1.807, 2.05) is 13.8 Å². The Balaban J connectivity index is 2.04. The second kappa shape index (κ2) is 5.75. The van der Waals surface area contributed by atoms with Crippen molar-refractivity contribution >= 4 is 0 Å². The van der Waals surface area contributed by atoms with Crippen molar-refractivity contribution in [2.75, 3.05) is 7.05 Å². The molecule has 1 aromatic rings. The van der Waals surface area contributed by atoms with Gasteiger partial charge in [0.15, 0.2) is 0 Å². The molecular weight excluding hydrogens is 222 g/mol. The number of hydrogen-bond donors (Lipinski definition) is 1. The van der Waals surface area contributed by atoms with E-state index in [2.05, 4.69) is 24.1 Å². The van der Waals surface area contributed by atoms with E-state index in [-0.39, 0.29) is 0 Å². The number of aromatic hydroxyl groups is 1. The lowest BCUT2D eigenvalue weighted by atomic mass is 9.94. The Morgan fingerprint density at radius 1 is 1.11 bits per heavy atom. The number of rotatable bonds is 3. The molecular formula is C16H25NO. The fourth-order valence-electron chi connectivity index (χ4n) is 3.08. The van der Waals surface area contributed by atoms with Crippen LogP contribution in [0.5, 0.6) is 5.75 Å². The highest BCUT2D eigenvalue weighted by Crippen LogP contribution is 2.26. The molecule has 0 spiro atoms. The topological polar surface area (TPSA) is 23.5 Å². The van der Waals surface area contributed by atoms with Crippen LogP contribution in [-0.4, -0.2) is 23.1 Å². The lowest BCUT2D eigenvalue weighted by molar-refractivity contribution is 0.184. The van der Waals surface area contributed by atoms with Crippen LogP contribution in [-0.2, 0) is 6.54 Å². The third-order valence-corrected chi connectivity index (χ3v) is 4.18. The average molecular weight is 247 g/mol. The molecule has 1 aromatic carbocycles. The fourth-order valence-corrected chi connectivity index (χ4v) is 3.08. The average Bonchev–Trinajstić information content (AvgIpc) is 2.37. The lowest BCUT2D eigenvalue weighted by Gasteiger charge is -2.31. The summed E-state index contributed by atoms with van der Waals surface area (Å²) in [6.45, 7) is 4.95. The van der Waals surface area contributed by atoms with Gasteiger partial charge in [0, 0.05) is 12.6 Å². The normalized spacial score (nSPS) is 17.3. The zero-order chi connectivity index (χ0) is 13.1. The molecule has 0 unspecified atom stereocenters. The van der Waals surface area contributed by atoms with E-state index in [1.54, 1.807) is 0 Å². The van der Waals surface area contributed by atoms with Crippen molar-refractivity contribution in [3.05, 3.63) is 28.8 Å². The van der Waals surface area contributed by atoms with Crippen LogP contribution in [0.1, 0.15) is 48.8 Å². The van der Waals surface area contributed by atoms with Gasteiger partial charge in [0.25, 0.3) is 0 Å². The number of phenols is 1. The van der Waals surface area contributed by atoms with E-state index in [1.165, 1.54) is 37.7 Å². The summed E-state index contributed by atoms with van der Waals surface area (Å²) in [6, 6.07) is 4.97. The minimum Gasteiger partial charge on any atom is -0.507 e. The Morgan fingerprint density at radius 3 is 2.22 bits per heavy atom. The van der Waals surface area contributed by atoms with Gasteiger partial charge in [-0.1, -0.05) is 31.4 Å². The third kappa shape index (κ3) is 3.05. The van der Waals surface area contributed by atoms with Crippen LogP contribution in [0.4, 0.5) is 0 Å². The van der Waals surface area contributed by atoms with Gasteiger partial charge in [-0.2, -0.15) is 0 Å². The van der Waals surface area contributed by atoms with E-state index in [0.717, 1.165) is 23.7 Å². The van der Waals surface area contributed by atoms with Gasteiger partial charge in [0.2, 0.25) is 0 Å². The molecule has 1 fully saturated rings. The first-order chi connectivity index (χ1) is 8.58. The Kier molecular flexibility index (Phi) is 4.28. The third-order valence-electron chi connectivity index (χ3n) is 4.18. The van der Waals surface area contributed by atoms with Gasteiger partial charge in [0.1, 0.15) is 5.75 Å². The number of benzene rings is 1. The van der Waals surface area contributed by atoms with Gasteiger partial charge < -0.3 is 5.11 Å². The van der Waals surface area contributed by atoms with E-state index in [0.29, 0.717) is 5.75 Å². The molecule has 0 amide bonds. The van der Waals surface area contributed by atoms with Crippen molar-refractivity contribution in [1.82, 2.24) is 4.90 Å². The molecule has 0 saturated heterocycles.